The quantitative estimate of drug-likeness (QED) is 0.674. The molecule has 0 saturated heterocycles. The molecule has 3 nitrogen and oxygen atoms in total. The molecule has 0 aromatic carbocycles. The van der Waals surface area contributed by atoms with Crippen molar-refractivity contribution in [3.05, 3.63) is 51.5 Å². The van der Waals surface area contributed by atoms with Gasteiger partial charge in [0.1, 0.15) is 0 Å². The first-order valence-electron chi connectivity index (χ1n) is 5.45. The number of alkyl halides is 3. The van der Waals surface area contributed by atoms with Crippen LogP contribution in [0.5, 0.6) is 0 Å². The van der Waals surface area contributed by atoms with E-state index in [-0.39, 0.29) is 5.56 Å². The lowest BCUT2D eigenvalue weighted by molar-refractivity contribution is -0.138. The molecule has 0 radical (unpaired) electrons. The number of pyridine rings is 1. The van der Waals surface area contributed by atoms with Crippen LogP contribution in [-0.2, 0) is 6.18 Å². The Hall–Kier alpha value is -1.44. The van der Waals surface area contributed by atoms with Crippen LogP contribution in [0, 0.1) is 6.92 Å². The zero-order chi connectivity index (χ0) is 14.0. The van der Waals surface area contributed by atoms with Gasteiger partial charge in [-0.05, 0) is 34.9 Å². The van der Waals surface area contributed by atoms with Crippen molar-refractivity contribution in [1.82, 2.24) is 10.4 Å². The molecule has 2 aromatic heterocycles. The summed E-state index contributed by atoms with van der Waals surface area (Å²) in [5.74, 6) is 5.44. The lowest BCUT2D eigenvalue weighted by Gasteiger charge is -2.20. The van der Waals surface area contributed by atoms with E-state index >= 15 is 0 Å². The van der Waals surface area contributed by atoms with E-state index in [1.165, 1.54) is 17.5 Å². The third kappa shape index (κ3) is 2.78. The Balaban J connectivity index is 2.54. The average molecular weight is 287 g/mol. The van der Waals surface area contributed by atoms with Crippen molar-refractivity contribution in [3.8, 4) is 0 Å². The van der Waals surface area contributed by atoms with Crippen LogP contribution in [0.1, 0.15) is 28.3 Å². The molecule has 1 unspecified atom stereocenters. The number of hydrazine groups is 1. The topological polar surface area (TPSA) is 50.9 Å². The van der Waals surface area contributed by atoms with Gasteiger partial charge in [0.25, 0.3) is 0 Å². The molecular weight excluding hydrogens is 275 g/mol. The van der Waals surface area contributed by atoms with Gasteiger partial charge in [-0.25, -0.2) is 5.43 Å². The summed E-state index contributed by atoms with van der Waals surface area (Å²) in [5, 5.41) is 3.65. The fourth-order valence-electron chi connectivity index (χ4n) is 1.91. The Bertz CT molecular complexity index is 565. The third-order valence-electron chi connectivity index (χ3n) is 2.84. The average Bonchev–Trinajstić information content (AvgIpc) is 2.76. The minimum Gasteiger partial charge on any atom is -0.271 e. The van der Waals surface area contributed by atoms with Crippen molar-refractivity contribution in [2.24, 2.45) is 5.84 Å². The predicted molar refractivity (Wildman–Crippen MR) is 67.5 cm³/mol. The van der Waals surface area contributed by atoms with E-state index in [1.807, 2.05) is 12.3 Å². The fraction of sp³-hybridized carbons (Fsp3) is 0.250. The number of aryl methyl sites for hydroxylation is 1. The van der Waals surface area contributed by atoms with Gasteiger partial charge in [-0.2, -0.15) is 24.5 Å². The van der Waals surface area contributed by atoms with Crippen molar-refractivity contribution in [3.63, 3.8) is 0 Å². The summed E-state index contributed by atoms with van der Waals surface area (Å²) >= 11 is 1.42. The third-order valence-corrected chi connectivity index (χ3v) is 3.72. The highest BCUT2D eigenvalue weighted by molar-refractivity contribution is 7.08. The van der Waals surface area contributed by atoms with Crippen molar-refractivity contribution < 1.29 is 13.2 Å². The van der Waals surface area contributed by atoms with E-state index in [1.54, 1.807) is 5.38 Å². The molecule has 19 heavy (non-hydrogen) atoms. The van der Waals surface area contributed by atoms with Crippen LogP contribution in [0.25, 0.3) is 0 Å². The SMILES string of the molecule is Cc1cscc1C(NN)c1cnccc1C(F)(F)F. The predicted octanol–water partition coefficient (Wildman–Crippen LogP) is 3.02. The molecule has 102 valence electrons. The normalized spacial score (nSPS) is 13.5. The lowest BCUT2D eigenvalue weighted by Crippen LogP contribution is -2.31. The van der Waals surface area contributed by atoms with E-state index < -0.39 is 17.8 Å². The van der Waals surface area contributed by atoms with Crippen LogP contribution in [-0.4, -0.2) is 4.98 Å². The minimum absolute atomic E-state index is 0.0269. The maximum absolute atomic E-state index is 13.0. The lowest BCUT2D eigenvalue weighted by atomic mass is 9.96. The highest BCUT2D eigenvalue weighted by Crippen LogP contribution is 2.37. The van der Waals surface area contributed by atoms with Gasteiger partial charge in [0.15, 0.2) is 0 Å². The van der Waals surface area contributed by atoms with Gasteiger partial charge < -0.3 is 0 Å². The maximum atomic E-state index is 13.0. The standard InChI is InChI=1S/C12H12F3N3S/c1-7-5-19-6-9(7)11(18-16)8-4-17-3-2-10(8)12(13,14)15/h2-6,11,18H,16H2,1H3. The second-order valence-corrected chi connectivity index (χ2v) is 4.81. The number of hydrogen-bond acceptors (Lipinski definition) is 4. The van der Waals surface area contributed by atoms with Crippen LogP contribution in [0.15, 0.2) is 29.2 Å². The van der Waals surface area contributed by atoms with Gasteiger partial charge in [-0.1, -0.05) is 0 Å². The number of hydrogen-bond donors (Lipinski definition) is 2. The number of nitrogens with zero attached hydrogens (tertiary/aromatic N) is 1. The van der Waals surface area contributed by atoms with Crippen LogP contribution in [0.2, 0.25) is 0 Å². The highest BCUT2D eigenvalue weighted by atomic mass is 32.1. The first kappa shape index (κ1) is 14.0. The Morgan fingerprint density at radius 2 is 2.05 bits per heavy atom. The van der Waals surface area contributed by atoms with Crippen LogP contribution < -0.4 is 11.3 Å². The number of halogens is 3. The summed E-state index contributed by atoms with van der Waals surface area (Å²) in [6.45, 7) is 1.83. The van der Waals surface area contributed by atoms with Crippen LogP contribution >= 0.6 is 11.3 Å². The summed E-state index contributed by atoms with van der Waals surface area (Å²) in [6.07, 6.45) is -2.11. The molecule has 2 aromatic rings. The van der Waals surface area contributed by atoms with Gasteiger partial charge in [0, 0.05) is 18.0 Å². The number of nitrogens with one attached hydrogen (secondary N) is 1. The first-order valence-corrected chi connectivity index (χ1v) is 6.39. The van der Waals surface area contributed by atoms with Gasteiger partial charge >= 0.3 is 6.18 Å². The number of rotatable bonds is 3. The van der Waals surface area contributed by atoms with Crippen molar-refractivity contribution in [2.45, 2.75) is 19.1 Å². The molecular formula is C12H12F3N3S. The van der Waals surface area contributed by atoms with Crippen molar-refractivity contribution >= 4 is 11.3 Å². The molecule has 7 heteroatoms. The van der Waals surface area contributed by atoms with E-state index in [9.17, 15) is 13.2 Å². The summed E-state index contributed by atoms with van der Waals surface area (Å²) in [6, 6.07) is 0.234. The molecule has 3 N–H and O–H groups in total. The number of thiophene rings is 1. The fourth-order valence-corrected chi connectivity index (χ4v) is 2.78. The molecule has 1 atom stereocenters. The molecule has 0 aliphatic heterocycles. The van der Waals surface area contributed by atoms with Gasteiger partial charge in [0.05, 0.1) is 11.6 Å². The second kappa shape index (κ2) is 5.28. The molecule has 0 aliphatic rings. The molecule has 0 saturated carbocycles. The Labute approximate surface area is 112 Å². The van der Waals surface area contributed by atoms with Crippen LogP contribution in [0.4, 0.5) is 13.2 Å². The molecule has 0 fully saturated rings. The molecule has 0 bridgehead atoms. The van der Waals surface area contributed by atoms with Crippen molar-refractivity contribution in [1.29, 1.82) is 0 Å². The summed E-state index contributed by atoms with van der Waals surface area (Å²) in [5.41, 5.74) is 3.36. The highest BCUT2D eigenvalue weighted by Gasteiger charge is 2.35. The smallest absolute Gasteiger partial charge is 0.271 e. The largest absolute Gasteiger partial charge is 0.416 e. The van der Waals surface area contributed by atoms with Gasteiger partial charge in [-0.3, -0.25) is 10.8 Å². The zero-order valence-corrected chi connectivity index (χ0v) is 10.8. The Morgan fingerprint density at radius 1 is 1.32 bits per heavy atom. The van der Waals surface area contributed by atoms with E-state index in [0.717, 1.165) is 23.4 Å². The van der Waals surface area contributed by atoms with E-state index in [4.69, 9.17) is 5.84 Å². The monoisotopic (exact) mass is 287 g/mol. The summed E-state index contributed by atoms with van der Waals surface area (Å²) < 4.78 is 39.0. The van der Waals surface area contributed by atoms with Gasteiger partial charge in [0.2, 0.25) is 0 Å². The molecule has 2 rings (SSSR count). The molecule has 0 amide bonds. The summed E-state index contributed by atoms with van der Waals surface area (Å²) in [4.78, 5) is 3.78. The van der Waals surface area contributed by atoms with E-state index in [2.05, 4.69) is 10.4 Å². The summed E-state index contributed by atoms with van der Waals surface area (Å²) in [7, 11) is 0. The number of aromatic nitrogens is 1. The first-order chi connectivity index (χ1) is 8.95. The van der Waals surface area contributed by atoms with Crippen molar-refractivity contribution in [2.75, 3.05) is 0 Å². The zero-order valence-electron chi connectivity index (χ0n) is 10.0. The van der Waals surface area contributed by atoms with E-state index in [0.29, 0.717) is 0 Å². The molecule has 0 spiro atoms. The second-order valence-electron chi connectivity index (χ2n) is 4.07. The molecule has 0 aliphatic carbocycles. The van der Waals surface area contributed by atoms with Crippen LogP contribution in [0.3, 0.4) is 0 Å². The van der Waals surface area contributed by atoms with Gasteiger partial charge in [-0.15, -0.1) is 0 Å². The molecule has 2 heterocycles. The minimum atomic E-state index is -4.43. The maximum Gasteiger partial charge on any atom is 0.416 e. The number of nitrogens with two attached hydrogens (primary N) is 1. The Kier molecular flexibility index (Phi) is 3.88. The Morgan fingerprint density at radius 3 is 2.58 bits per heavy atom.